The highest BCUT2D eigenvalue weighted by molar-refractivity contribution is 6.34. The lowest BCUT2D eigenvalue weighted by molar-refractivity contribution is 0.102. The first kappa shape index (κ1) is 13.2. The minimum Gasteiger partial charge on any atom is -0.497 e. The fourth-order valence-electron chi connectivity index (χ4n) is 1.53. The Labute approximate surface area is 115 Å². The average molecular weight is 278 g/mol. The molecule has 0 bridgehead atoms. The normalized spacial score (nSPS) is 10.0. The van der Waals surface area contributed by atoms with Crippen LogP contribution in [0.15, 0.2) is 36.5 Å². The lowest BCUT2D eigenvalue weighted by atomic mass is 10.2. The second kappa shape index (κ2) is 5.58. The largest absolute Gasteiger partial charge is 0.497 e. The Morgan fingerprint density at radius 1 is 1.42 bits per heavy atom. The summed E-state index contributed by atoms with van der Waals surface area (Å²) in [5, 5.41) is 3.08. The fourth-order valence-corrected chi connectivity index (χ4v) is 1.69. The summed E-state index contributed by atoms with van der Waals surface area (Å²) in [6.07, 6.45) is 1.52. The van der Waals surface area contributed by atoms with Crippen LogP contribution in [0.2, 0.25) is 5.02 Å². The molecule has 5 nitrogen and oxygen atoms in total. The number of rotatable bonds is 3. The Morgan fingerprint density at radius 2 is 2.21 bits per heavy atom. The maximum absolute atomic E-state index is 12.1. The maximum Gasteiger partial charge on any atom is 0.259 e. The zero-order chi connectivity index (χ0) is 13.8. The first-order valence-electron chi connectivity index (χ1n) is 5.47. The summed E-state index contributed by atoms with van der Waals surface area (Å²) in [7, 11) is 1.54. The number of nitrogen functional groups attached to an aromatic ring is 1. The van der Waals surface area contributed by atoms with Crippen LogP contribution in [-0.2, 0) is 0 Å². The molecular weight excluding hydrogens is 266 g/mol. The maximum atomic E-state index is 12.1. The standard InChI is InChI=1S/C13H12ClN3O2/c1-19-8-4-5-10(14)11(7-8)17-13(18)9-3-2-6-16-12(9)15/h2-7H,1H3,(H2,15,16)(H,17,18). The second-order valence-corrected chi connectivity index (χ2v) is 4.14. The van der Waals surface area contributed by atoms with Crippen LogP contribution < -0.4 is 15.8 Å². The lowest BCUT2D eigenvalue weighted by Gasteiger charge is -2.09. The van der Waals surface area contributed by atoms with E-state index in [9.17, 15) is 4.79 Å². The van der Waals surface area contributed by atoms with E-state index in [0.717, 1.165) is 0 Å². The highest BCUT2D eigenvalue weighted by Gasteiger charge is 2.12. The molecule has 2 rings (SSSR count). The smallest absolute Gasteiger partial charge is 0.259 e. The number of anilines is 2. The number of carbonyl (C=O) groups excluding carboxylic acids is 1. The van der Waals surface area contributed by atoms with Crippen molar-refractivity contribution >= 4 is 29.0 Å². The molecule has 0 unspecified atom stereocenters. The molecule has 0 aliphatic carbocycles. The van der Waals surface area contributed by atoms with E-state index < -0.39 is 0 Å². The summed E-state index contributed by atoms with van der Waals surface area (Å²) in [5.41, 5.74) is 6.39. The molecule has 3 N–H and O–H groups in total. The van der Waals surface area contributed by atoms with Gasteiger partial charge in [-0.05, 0) is 24.3 Å². The summed E-state index contributed by atoms with van der Waals surface area (Å²) in [6.45, 7) is 0. The molecule has 0 saturated heterocycles. The Balaban J connectivity index is 2.26. The SMILES string of the molecule is COc1ccc(Cl)c(NC(=O)c2cccnc2N)c1. The van der Waals surface area contributed by atoms with Crippen LogP contribution in [0, 0.1) is 0 Å². The third kappa shape index (κ3) is 2.95. The van der Waals surface area contributed by atoms with Crippen molar-refractivity contribution in [3.63, 3.8) is 0 Å². The van der Waals surface area contributed by atoms with Crippen LogP contribution in [0.25, 0.3) is 0 Å². The van der Waals surface area contributed by atoms with Crippen LogP contribution in [0.3, 0.4) is 0 Å². The van der Waals surface area contributed by atoms with Gasteiger partial charge in [-0.2, -0.15) is 0 Å². The summed E-state index contributed by atoms with van der Waals surface area (Å²) in [6, 6.07) is 8.20. The first-order chi connectivity index (χ1) is 9.11. The molecule has 2 aromatic rings. The molecule has 1 amide bonds. The summed E-state index contributed by atoms with van der Waals surface area (Å²) in [4.78, 5) is 15.9. The molecule has 0 fully saturated rings. The molecule has 0 spiro atoms. The predicted molar refractivity (Wildman–Crippen MR) is 74.6 cm³/mol. The molecule has 1 heterocycles. The van der Waals surface area contributed by atoms with Crippen molar-refractivity contribution in [2.45, 2.75) is 0 Å². The van der Waals surface area contributed by atoms with Crippen molar-refractivity contribution in [1.29, 1.82) is 0 Å². The van der Waals surface area contributed by atoms with Gasteiger partial charge in [-0.25, -0.2) is 4.98 Å². The van der Waals surface area contributed by atoms with Gasteiger partial charge in [-0.1, -0.05) is 11.6 Å². The lowest BCUT2D eigenvalue weighted by Crippen LogP contribution is -2.15. The van der Waals surface area contributed by atoms with E-state index in [4.69, 9.17) is 22.1 Å². The van der Waals surface area contributed by atoms with E-state index in [2.05, 4.69) is 10.3 Å². The van der Waals surface area contributed by atoms with Crippen LogP contribution >= 0.6 is 11.6 Å². The second-order valence-electron chi connectivity index (χ2n) is 3.74. The van der Waals surface area contributed by atoms with Crippen LogP contribution in [0.4, 0.5) is 11.5 Å². The number of amides is 1. The van der Waals surface area contributed by atoms with Gasteiger partial charge in [0.05, 0.1) is 23.4 Å². The molecule has 98 valence electrons. The van der Waals surface area contributed by atoms with Crippen molar-refractivity contribution in [2.24, 2.45) is 0 Å². The minimum absolute atomic E-state index is 0.166. The van der Waals surface area contributed by atoms with Gasteiger partial charge < -0.3 is 15.8 Å². The Hall–Kier alpha value is -2.27. The number of methoxy groups -OCH3 is 1. The Bertz CT molecular complexity index is 617. The quantitative estimate of drug-likeness (QED) is 0.904. The summed E-state index contributed by atoms with van der Waals surface area (Å²) in [5.74, 6) is 0.388. The number of carbonyl (C=O) groups is 1. The molecule has 0 saturated carbocycles. The van der Waals surface area contributed by atoms with Gasteiger partial charge in [0.25, 0.3) is 5.91 Å². The number of nitrogens with one attached hydrogen (secondary N) is 1. The minimum atomic E-state index is -0.374. The molecule has 1 aromatic carbocycles. The fraction of sp³-hybridized carbons (Fsp3) is 0.0769. The van der Waals surface area contributed by atoms with E-state index in [0.29, 0.717) is 22.0 Å². The summed E-state index contributed by atoms with van der Waals surface area (Å²) >= 11 is 6.01. The van der Waals surface area contributed by atoms with Gasteiger partial charge in [0.15, 0.2) is 0 Å². The third-order valence-electron chi connectivity index (χ3n) is 2.50. The van der Waals surface area contributed by atoms with Gasteiger partial charge >= 0.3 is 0 Å². The van der Waals surface area contributed by atoms with Gasteiger partial charge in [0.2, 0.25) is 0 Å². The number of aromatic nitrogens is 1. The van der Waals surface area contributed by atoms with Crippen LogP contribution in [0.1, 0.15) is 10.4 Å². The van der Waals surface area contributed by atoms with Crippen molar-refractivity contribution < 1.29 is 9.53 Å². The topological polar surface area (TPSA) is 77.2 Å². The van der Waals surface area contributed by atoms with Crippen molar-refractivity contribution in [3.8, 4) is 5.75 Å². The predicted octanol–water partition coefficient (Wildman–Crippen LogP) is 2.58. The van der Waals surface area contributed by atoms with E-state index in [1.54, 1.807) is 30.3 Å². The van der Waals surface area contributed by atoms with Crippen molar-refractivity contribution in [1.82, 2.24) is 4.98 Å². The van der Waals surface area contributed by atoms with Gasteiger partial charge in [0.1, 0.15) is 11.6 Å². The third-order valence-corrected chi connectivity index (χ3v) is 2.83. The van der Waals surface area contributed by atoms with E-state index in [1.165, 1.54) is 13.3 Å². The molecule has 0 aliphatic rings. The molecule has 0 aliphatic heterocycles. The van der Waals surface area contributed by atoms with Crippen LogP contribution in [-0.4, -0.2) is 18.0 Å². The number of hydrogen-bond donors (Lipinski definition) is 2. The summed E-state index contributed by atoms with van der Waals surface area (Å²) < 4.78 is 5.07. The van der Waals surface area contributed by atoms with Crippen molar-refractivity contribution in [3.05, 3.63) is 47.1 Å². The molecule has 0 atom stereocenters. The molecular formula is C13H12ClN3O2. The Morgan fingerprint density at radius 3 is 2.89 bits per heavy atom. The van der Waals surface area contributed by atoms with Gasteiger partial charge in [-0.3, -0.25) is 4.79 Å². The number of ether oxygens (including phenoxy) is 1. The Kier molecular flexibility index (Phi) is 3.87. The van der Waals surface area contributed by atoms with E-state index in [-0.39, 0.29) is 11.7 Å². The zero-order valence-electron chi connectivity index (χ0n) is 10.2. The van der Waals surface area contributed by atoms with Gasteiger partial charge in [0, 0.05) is 12.3 Å². The first-order valence-corrected chi connectivity index (χ1v) is 5.85. The number of nitrogens with zero attached hydrogens (tertiary/aromatic N) is 1. The van der Waals surface area contributed by atoms with Crippen LogP contribution in [0.5, 0.6) is 5.75 Å². The molecule has 19 heavy (non-hydrogen) atoms. The number of nitrogens with two attached hydrogens (primary N) is 1. The monoisotopic (exact) mass is 277 g/mol. The van der Waals surface area contributed by atoms with Crippen molar-refractivity contribution in [2.75, 3.05) is 18.2 Å². The number of benzene rings is 1. The molecule has 0 radical (unpaired) electrons. The number of hydrogen-bond acceptors (Lipinski definition) is 4. The van der Waals surface area contributed by atoms with Gasteiger partial charge in [-0.15, -0.1) is 0 Å². The zero-order valence-corrected chi connectivity index (χ0v) is 10.9. The highest BCUT2D eigenvalue weighted by Crippen LogP contribution is 2.27. The number of pyridine rings is 1. The number of halogens is 1. The highest BCUT2D eigenvalue weighted by atomic mass is 35.5. The average Bonchev–Trinajstić information content (AvgIpc) is 2.41. The van der Waals surface area contributed by atoms with E-state index in [1.807, 2.05) is 0 Å². The molecule has 6 heteroatoms. The molecule has 1 aromatic heterocycles. The van der Waals surface area contributed by atoms with E-state index >= 15 is 0 Å².